The van der Waals surface area contributed by atoms with E-state index in [0.717, 1.165) is 21.4 Å². The molecule has 0 bridgehead atoms. The van der Waals surface area contributed by atoms with Crippen molar-refractivity contribution in [1.82, 2.24) is 4.57 Å². The van der Waals surface area contributed by atoms with E-state index < -0.39 is 22.5 Å². The van der Waals surface area contributed by atoms with Crippen molar-refractivity contribution in [3.05, 3.63) is 65.9 Å². The van der Waals surface area contributed by atoms with Gasteiger partial charge >= 0.3 is 6.09 Å². The lowest BCUT2D eigenvalue weighted by Crippen LogP contribution is -2.28. The summed E-state index contributed by atoms with van der Waals surface area (Å²) >= 11 is 0. The van der Waals surface area contributed by atoms with Gasteiger partial charge in [0.2, 0.25) is 0 Å². The third kappa shape index (κ3) is 4.05. The van der Waals surface area contributed by atoms with E-state index in [4.69, 9.17) is 4.74 Å². The highest BCUT2D eigenvalue weighted by Gasteiger charge is 2.23. The molecular weight excluding hydrogens is 346 g/mol. The maximum Gasteiger partial charge on any atom is 0.419 e. The Balaban J connectivity index is 1.99. The van der Waals surface area contributed by atoms with Crippen LogP contribution in [0.2, 0.25) is 0 Å². The minimum Gasteiger partial charge on any atom is -0.443 e. The first-order valence-electron chi connectivity index (χ1n) is 8.52. The molecule has 0 aliphatic heterocycles. The summed E-state index contributed by atoms with van der Waals surface area (Å²) in [5, 5.41) is 0.925. The van der Waals surface area contributed by atoms with E-state index >= 15 is 0 Å². The predicted molar refractivity (Wildman–Crippen MR) is 105 cm³/mol. The molecule has 0 aliphatic rings. The van der Waals surface area contributed by atoms with Gasteiger partial charge in [0.05, 0.1) is 22.1 Å². The maximum absolute atomic E-state index is 12.8. The van der Waals surface area contributed by atoms with Gasteiger partial charge in [-0.1, -0.05) is 35.9 Å². The summed E-state index contributed by atoms with van der Waals surface area (Å²) in [4.78, 5) is 13.5. The molecule has 1 heterocycles. The predicted octanol–water partition coefficient (Wildman–Crippen LogP) is 5.04. The second-order valence-corrected chi connectivity index (χ2v) is 8.76. The average Bonchev–Trinajstić information content (AvgIpc) is 2.91. The van der Waals surface area contributed by atoms with Crippen molar-refractivity contribution in [2.24, 2.45) is 0 Å². The quantitative estimate of drug-likeness (QED) is 0.650. The molecule has 0 amide bonds. The molecule has 2 aromatic carbocycles. The second kappa shape index (κ2) is 7.08. The van der Waals surface area contributed by atoms with E-state index in [1.54, 1.807) is 0 Å². The molecule has 0 radical (unpaired) electrons. The summed E-state index contributed by atoms with van der Waals surface area (Å²) in [6, 6.07) is 17.1. The monoisotopic (exact) mass is 369 g/mol. The zero-order valence-corrected chi connectivity index (χ0v) is 16.3. The summed E-state index contributed by atoms with van der Waals surface area (Å²) in [7, 11) is -1.25. The summed E-state index contributed by atoms with van der Waals surface area (Å²) in [5.74, 6) is 0.247. The lowest BCUT2D eigenvalue weighted by Gasteiger charge is -2.21. The Morgan fingerprint density at radius 2 is 1.73 bits per heavy atom. The number of rotatable bonds is 3. The average molecular weight is 369 g/mol. The van der Waals surface area contributed by atoms with Crippen LogP contribution in [0.1, 0.15) is 32.0 Å². The number of carbonyl (C=O) groups is 1. The summed E-state index contributed by atoms with van der Waals surface area (Å²) < 4.78 is 19.9. The molecule has 0 fully saturated rings. The number of nitrogens with zero attached hydrogens (tertiary/aromatic N) is 1. The molecule has 0 saturated heterocycles. The Morgan fingerprint density at radius 3 is 2.38 bits per heavy atom. The van der Waals surface area contributed by atoms with Crippen LogP contribution < -0.4 is 0 Å². The zero-order chi connectivity index (χ0) is 18.9. The summed E-state index contributed by atoms with van der Waals surface area (Å²) in [6.07, 6.45) is -0.449. The van der Waals surface area contributed by atoms with E-state index in [1.807, 2.05) is 82.3 Å². The standard InChI is InChI=1S/C21H23NO3S/c1-15-9-11-18(12-10-15)26(24)14-17-13-16-7-5-6-8-19(16)22(17)20(23)25-21(2,3)4/h5-13H,14H2,1-4H3. The van der Waals surface area contributed by atoms with Gasteiger partial charge in [0.25, 0.3) is 0 Å². The van der Waals surface area contributed by atoms with Crippen LogP contribution in [0.3, 0.4) is 0 Å². The van der Waals surface area contributed by atoms with Gasteiger partial charge in [0.15, 0.2) is 0 Å². The first-order valence-corrected chi connectivity index (χ1v) is 9.84. The van der Waals surface area contributed by atoms with Gasteiger partial charge in [-0.25, -0.2) is 9.36 Å². The van der Waals surface area contributed by atoms with Gasteiger partial charge in [-0.15, -0.1) is 0 Å². The molecular formula is C21H23NO3S. The second-order valence-electron chi connectivity index (χ2n) is 7.31. The topological polar surface area (TPSA) is 48.3 Å². The van der Waals surface area contributed by atoms with Crippen molar-refractivity contribution >= 4 is 27.8 Å². The maximum atomic E-state index is 12.8. The summed E-state index contributed by atoms with van der Waals surface area (Å²) in [5.41, 5.74) is 1.96. The van der Waals surface area contributed by atoms with Crippen LogP contribution in [-0.4, -0.2) is 20.5 Å². The number of fused-ring (bicyclic) bond motifs is 1. The first kappa shape index (κ1) is 18.4. The lowest BCUT2D eigenvalue weighted by molar-refractivity contribution is 0.0541. The number of benzene rings is 2. The van der Waals surface area contributed by atoms with Crippen LogP contribution in [0.4, 0.5) is 4.79 Å². The molecule has 0 aliphatic carbocycles. The van der Waals surface area contributed by atoms with Crippen molar-refractivity contribution in [3.63, 3.8) is 0 Å². The van der Waals surface area contributed by atoms with Crippen LogP contribution in [0, 0.1) is 6.92 Å². The van der Waals surface area contributed by atoms with Crippen LogP contribution in [0.5, 0.6) is 0 Å². The number of ether oxygens (including phenoxy) is 1. The fraction of sp³-hybridized carbons (Fsp3) is 0.286. The highest BCUT2D eigenvalue weighted by Crippen LogP contribution is 2.24. The molecule has 136 valence electrons. The number of aryl methyl sites for hydroxylation is 1. The molecule has 0 N–H and O–H groups in total. The Morgan fingerprint density at radius 1 is 1.08 bits per heavy atom. The van der Waals surface area contributed by atoms with E-state index in [1.165, 1.54) is 4.57 Å². The van der Waals surface area contributed by atoms with Gasteiger partial charge in [0.1, 0.15) is 5.60 Å². The molecule has 0 spiro atoms. The normalized spacial score (nSPS) is 12.9. The van der Waals surface area contributed by atoms with E-state index in [-0.39, 0.29) is 5.75 Å². The minimum absolute atomic E-state index is 0.247. The number of hydrogen-bond donors (Lipinski definition) is 0. The van der Waals surface area contributed by atoms with Crippen LogP contribution >= 0.6 is 0 Å². The fourth-order valence-electron chi connectivity index (χ4n) is 2.75. The Labute approximate surface area is 156 Å². The number of aromatic nitrogens is 1. The van der Waals surface area contributed by atoms with Crippen LogP contribution in [0.15, 0.2) is 59.5 Å². The van der Waals surface area contributed by atoms with E-state index in [0.29, 0.717) is 5.69 Å². The van der Waals surface area contributed by atoms with Crippen molar-refractivity contribution in [2.45, 2.75) is 43.9 Å². The Hall–Kier alpha value is -2.40. The van der Waals surface area contributed by atoms with Gasteiger partial charge in [-0.2, -0.15) is 0 Å². The highest BCUT2D eigenvalue weighted by molar-refractivity contribution is 7.84. The van der Waals surface area contributed by atoms with Gasteiger partial charge in [0, 0.05) is 16.0 Å². The fourth-order valence-corrected chi connectivity index (χ4v) is 3.84. The molecule has 0 saturated carbocycles. The molecule has 3 rings (SSSR count). The molecule has 26 heavy (non-hydrogen) atoms. The van der Waals surface area contributed by atoms with Crippen molar-refractivity contribution in [1.29, 1.82) is 0 Å². The van der Waals surface area contributed by atoms with E-state index in [9.17, 15) is 9.00 Å². The third-order valence-electron chi connectivity index (χ3n) is 3.93. The van der Waals surface area contributed by atoms with Gasteiger partial charge < -0.3 is 4.74 Å². The first-order chi connectivity index (χ1) is 12.2. The van der Waals surface area contributed by atoms with Gasteiger partial charge in [-0.05, 0) is 52.0 Å². The summed E-state index contributed by atoms with van der Waals surface area (Å²) in [6.45, 7) is 7.50. The Kier molecular flexibility index (Phi) is 5.01. The number of carbonyl (C=O) groups excluding carboxylic acids is 1. The number of hydrogen-bond acceptors (Lipinski definition) is 3. The SMILES string of the molecule is Cc1ccc(S(=O)Cc2cc3ccccc3n2C(=O)OC(C)(C)C)cc1. The van der Waals surface area contributed by atoms with Crippen molar-refractivity contribution in [2.75, 3.05) is 0 Å². The third-order valence-corrected chi connectivity index (χ3v) is 5.28. The molecule has 1 unspecified atom stereocenters. The molecule has 1 aromatic heterocycles. The molecule has 1 atom stereocenters. The van der Waals surface area contributed by atoms with Crippen molar-refractivity contribution in [3.8, 4) is 0 Å². The number of para-hydroxylation sites is 1. The van der Waals surface area contributed by atoms with Gasteiger partial charge in [-0.3, -0.25) is 4.21 Å². The largest absolute Gasteiger partial charge is 0.443 e. The van der Waals surface area contributed by atoms with Crippen LogP contribution in [0.25, 0.3) is 10.9 Å². The van der Waals surface area contributed by atoms with E-state index in [2.05, 4.69) is 0 Å². The smallest absolute Gasteiger partial charge is 0.419 e. The lowest BCUT2D eigenvalue weighted by atomic mass is 10.2. The highest BCUT2D eigenvalue weighted by atomic mass is 32.2. The zero-order valence-electron chi connectivity index (χ0n) is 15.5. The molecule has 5 heteroatoms. The molecule has 3 aromatic rings. The van der Waals surface area contributed by atoms with Crippen LogP contribution in [-0.2, 0) is 21.3 Å². The Bertz CT molecular complexity index is 965. The van der Waals surface area contributed by atoms with Crippen molar-refractivity contribution < 1.29 is 13.7 Å². The molecule has 4 nitrogen and oxygen atoms in total. The minimum atomic E-state index is -1.25.